The maximum absolute atomic E-state index is 10.6. The first-order valence-electron chi connectivity index (χ1n) is 19.4. The molecule has 4 nitrogen and oxygen atoms in total. The van der Waals surface area contributed by atoms with Gasteiger partial charge in [-0.1, -0.05) is 120 Å². The third-order valence-electron chi connectivity index (χ3n) is 9.83. The van der Waals surface area contributed by atoms with Gasteiger partial charge in [0.1, 0.15) is 23.0 Å². The van der Waals surface area contributed by atoms with Crippen LogP contribution >= 0.6 is 90.4 Å². The van der Waals surface area contributed by atoms with Gasteiger partial charge in [-0.25, -0.2) is 0 Å². The molecule has 0 aliphatic carbocycles. The molecular formula is C42H68I4O4. The molecule has 0 aromatic heterocycles. The summed E-state index contributed by atoms with van der Waals surface area (Å²) in [6, 6.07) is 0. The highest BCUT2D eigenvalue weighted by atomic mass is 127. The Labute approximate surface area is 361 Å². The lowest BCUT2D eigenvalue weighted by molar-refractivity contribution is 0.409. The fraction of sp³-hybridized carbons (Fsp3) is 0.714. The van der Waals surface area contributed by atoms with Gasteiger partial charge >= 0.3 is 0 Å². The molecule has 2 rings (SSSR count). The molecule has 8 heteroatoms. The third-order valence-corrected chi connectivity index (χ3v) is 14.5. The minimum atomic E-state index is 0.305. The number of benzene rings is 2. The summed E-state index contributed by atoms with van der Waals surface area (Å²) in [4.78, 5) is 0. The highest BCUT2D eigenvalue weighted by Crippen LogP contribution is 2.42. The molecule has 0 amide bonds. The van der Waals surface area contributed by atoms with Gasteiger partial charge < -0.3 is 20.4 Å². The van der Waals surface area contributed by atoms with E-state index < -0.39 is 0 Å². The topological polar surface area (TPSA) is 80.9 Å². The zero-order valence-electron chi connectivity index (χ0n) is 32.3. The summed E-state index contributed by atoms with van der Waals surface area (Å²) in [5.74, 6) is 4.00. The van der Waals surface area contributed by atoms with Crippen molar-refractivity contribution in [1.29, 1.82) is 0 Å². The highest BCUT2D eigenvalue weighted by Gasteiger charge is 2.22. The van der Waals surface area contributed by atoms with E-state index in [9.17, 15) is 20.4 Å². The summed E-state index contributed by atoms with van der Waals surface area (Å²) in [5, 5.41) is 42.5. The van der Waals surface area contributed by atoms with E-state index >= 15 is 0 Å². The number of phenols is 4. The molecule has 0 saturated carbocycles. The smallest absolute Gasteiger partial charge is 0.136 e. The van der Waals surface area contributed by atoms with Gasteiger partial charge in [-0.15, -0.1) is 0 Å². The molecule has 0 spiro atoms. The van der Waals surface area contributed by atoms with E-state index in [4.69, 9.17) is 0 Å². The van der Waals surface area contributed by atoms with E-state index in [-0.39, 0.29) is 0 Å². The van der Waals surface area contributed by atoms with E-state index in [0.717, 1.165) is 99.7 Å². The summed E-state index contributed by atoms with van der Waals surface area (Å²) >= 11 is 8.98. The first kappa shape index (κ1) is 48.6. The third kappa shape index (κ3) is 16.9. The monoisotopic (exact) mass is 1140 g/mol. The quantitative estimate of drug-likeness (QED) is 0.0700. The SMILES string of the molecule is CCCCCc1c(I)c(O)c(CC[C@@H](C)CCCC(C)C)c(O)c1I.CCCCCc1c(I)c(O)c(CC[C@H](C)CCCC(C)C)c(O)c1I. The molecule has 4 N–H and O–H groups in total. The van der Waals surface area contributed by atoms with Crippen LogP contribution in [-0.4, -0.2) is 20.4 Å². The molecule has 0 fully saturated rings. The number of aromatic hydroxyl groups is 4. The molecule has 0 aliphatic heterocycles. The summed E-state index contributed by atoms with van der Waals surface area (Å²) in [5.41, 5.74) is 3.70. The first-order valence-corrected chi connectivity index (χ1v) is 23.7. The van der Waals surface area contributed by atoms with Crippen molar-refractivity contribution in [2.24, 2.45) is 23.7 Å². The Balaban J connectivity index is 0.000000500. The Morgan fingerprint density at radius 3 is 0.940 bits per heavy atom. The van der Waals surface area contributed by atoms with Gasteiger partial charge in [0.05, 0.1) is 14.3 Å². The minimum absolute atomic E-state index is 0.305. The zero-order valence-corrected chi connectivity index (χ0v) is 41.0. The summed E-state index contributed by atoms with van der Waals surface area (Å²) in [6.07, 6.45) is 19.9. The van der Waals surface area contributed by atoms with E-state index in [0.29, 0.717) is 34.8 Å². The van der Waals surface area contributed by atoms with Gasteiger partial charge in [0.2, 0.25) is 0 Å². The van der Waals surface area contributed by atoms with Gasteiger partial charge in [0.15, 0.2) is 0 Å². The fourth-order valence-corrected chi connectivity index (χ4v) is 10.8. The molecule has 2 aromatic carbocycles. The molecule has 0 saturated heterocycles. The lowest BCUT2D eigenvalue weighted by Crippen LogP contribution is -2.03. The van der Waals surface area contributed by atoms with Gasteiger partial charge in [-0.05, 0) is 177 Å². The van der Waals surface area contributed by atoms with E-state index in [1.807, 2.05) is 0 Å². The second-order valence-corrected chi connectivity index (χ2v) is 19.7. The highest BCUT2D eigenvalue weighted by molar-refractivity contribution is 14.1. The van der Waals surface area contributed by atoms with E-state index in [1.54, 1.807) is 0 Å². The maximum Gasteiger partial charge on any atom is 0.136 e. The van der Waals surface area contributed by atoms with Gasteiger partial charge in [0, 0.05) is 11.1 Å². The van der Waals surface area contributed by atoms with Crippen molar-refractivity contribution < 1.29 is 20.4 Å². The van der Waals surface area contributed by atoms with Crippen molar-refractivity contribution in [2.45, 2.75) is 171 Å². The Bertz CT molecular complexity index is 1120. The van der Waals surface area contributed by atoms with Gasteiger partial charge in [-0.2, -0.15) is 0 Å². The Morgan fingerprint density at radius 1 is 0.380 bits per heavy atom. The standard InChI is InChI=1S/2C21H34I2O2/c2*1-5-6-7-11-16-18(22)20(24)17(21(25)19(16)23)13-12-15(4)10-8-9-14(2)3/h2*14-15,24-25H,5-13H2,1-4H3/t2*15-/m10/s1. The van der Waals surface area contributed by atoms with Crippen molar-refractivity contribution >= 4 is 90.4 Å². The second kappa shape index (κ2) is 26.4. The number of phenolic OH excluding ortho intramolecular Hbond substituents is 4. The molecular weight excluding hydrogens is 1080 g/mol. The average Bonchev–Trinajstić information content (AvgIpc) is 3.06. The number of halogens is 4. The summed E-state index contributed by atoms with van der Waals surface area (Å²) in [7, 11) is 0. The lowest BCUT2D eigenvalue weighted by Gasteiger charge is -2.18. The second-order valence-electron chi connectivity index (χ2n) is 15.4. The molecule has 2 atom stereocenters. The minimum Gasteiger partial charge on any atom is -0.506 e. The van der Waals surface area contributed by atoms with Crippen molar-refractivity contribution in [2.75, 3.05) is 0 Å². The number of hydrogen-bond donors (Lipinski definition) is 4. The van der Waals surface area contributed by atoms with Crippen LogP contribution in [0.3, 0.4) is 0 Å². The first-order chi connectivity index (χ1) is 23.6. The average molecular weight is 1140 g/mol. The molecule has 0 bridgehead atoms. The lowest BCUT2D eigenvalue weighted by atomic mass is 9.93. The molecule has 288 valence electrons. The van der Waals surface area contributed by atoms with Crippen molar-refractivity contribution in [3.05, 3.63) is 36.5 Å². The number of unbranched alkanes of at least 4 members (excludes halogenated alkanes) is 4. The molecule has 0 radical (unpaired) electrons. The molecule has 2 aromatic rings. The van der Waals surface area contributed by atoms with Crippen LogP contribution in [0.4, 0.5) is 0 Å². The van der Waals surface area contributed by atoms with E-state index in [1.165, 1.54) is 64.2 Å². The zero-order chi connectivity index (χ0) is 38.0. The fourth-order valence-electron chi connectivity index (χ4n) is 6.35. The molecule has 0 aliphatic rings. The predicted molar refractivity (Wildman–Crippen MR) is 249 cm³/mol. The Morgan fingerprint density at radius 2 is 0.680 bits per heavy atom. The normalized spacial score (nSPS) is 12.8. The Kier molecular flexibility index (Phi) is 25.6. The van der Waals surface area contributed by atoms with Crippen LogP contribution in [0.15, 0.2) is 0 Å². The van der Waals surface area contributed by atoms with E-state index in [2.05, 4.69) is 146 Å². The van der Waals surface area contributed by atoms with Crippen LogP contribution in [0.2, 0.25) is 0 Å². The number of rotatable bonds is 22. The largest absolute Gasteiger partial charge is 0.506 e. The van der Waals surface area contributed by atoms with Gasteiger partial charge in [-0.3, -0.25) is 0 Å². The summed E-state index contributed by atoms with van der Waals surface area (Å²) < 4.78 is 3.72. The van der Waals surface area contributed by atoms with Crippen LogP contribution in [-0.2, 0) is 25.7 Å². The van der Waals surface area contributed by atoms with Crippen molar-refractivity contribution in [3.8, 4) is 23.0 Å². The molecule has 50 heavy (non-hydrogen) atoms. The number of hydrogen-bond acceptors (Lipinski definition) is 4. The molecule has 0 unspecified atom stereocenters. The van der Waals surface area contributed by atoms with Crippen LogP contribution in [0, 0.1) is 38.0 Å². The maximum atomic E-state index is 10.6. The van der Waals surface area contributed by atoms with Crippen LogP contribution in [0.25, 0.3) is 0 Å². The van der Waals surface area contributed by atoms with Crippen molar-refractivity contribution in [3.63, 3.8) is 0 Å². The van der Waals surface area contributed by atoms with Crippen molar-refractivity contribution in [1.82, 2.24) is 0 Å². The Hall–Kier alpha value is 0.560. The van der Waals surface area contributed by atoms with Crippen LogP contribution < -0.4 is 0 Å². The van der Waals surface area contributed by atoms with Gasteiger partial charge in [0.25, 0.3) is 0 Å². The van der Waals surface area contributed by atoms with Crippen LogP contribution in [0.5, 0.6) is 23.0 Å². The van der Waals surface area contributed by atoms with Crippen LogP contribution in [0.1, 0.15) is 168 Å². The predicted octanol–water partition coefficient (Wildman–Crippen LogP) is 14.9. The molecule has 0 heterocycles. The summed E-state index contributed by atoms with van der Waals surface area (Å²) in [6.45, 7) is 18.0.